The van der Waals surface area contributed by atoms with Gasteiger partial charge in [-0.1, -0.05) is 0 Å². The molecule has 2 aliphatic rings. The molecule has 0 aliphatic carbocycles. The summed E-state index contributed by atoms with van der Waals surface area (Å²) in [5.41, 5.74) is 0.396. The monoisotopic (exact) mass is 275 g/mol. The van der Waals surface area contributed by atoms with Gasteiger partial charge in [-0.2, -0.15) is 0 Å². The fourth-order valence-electron chi connectivity index (χ4n) is 2.99. The molecular formula is C14H21N5O. The zero-order chi connectivity index (χ0) is 14.1. The normalized spacial score (nSPS) is 25.4. The van der Waals surface area contributed by atoms with Gasteiger partial charge in [0.15, 0.2) is 11.5 Å². The van der Waals surface area contributed by atoms with Crippen LogP contribution < -0.4 is 10.2 Å². The molecule has 2 atom stereocenters. The molecule has 108 valence electrons. The molecule has 2 fully saturated rings. The van der Waals surface area contributed by atoms with Crippen molar-refractivity contribution in [3.8, 4) is 0 Å². The molecule has 0 radical (unpaired) electrons. The number of amides is 1. The van der Waals surface area contributed by atoms with Gasteiger partial charge in [0.05, 0.1) is 0 Å². The lowest BCUT2D eigenvalue weighted by Crippen LogP contribution is -2.36. The van der Waals surface area contributed by atoms with Crippen LogP contribution in [0.1, 0.15) is 29.8 Å². The number of carbonyl (C=O) groups is 1. The van der Waals surface area contributed by atoms with Crippen LogP contribution in [0.2, 0.25) is 0 Å². The molecule has 6 heteroatoms. The molecule has 2 aliphatic heterocycles. The highest BCUT2D eigenvalue weighted by molar-refractivity contribution is 5.91. The first-order valence-corrected chi connectivity index (χ1v) is 7.20. The maximum atomic E-state index is 11.8. The topological polar surface area (TPSA) is 61.4 Å². The molecule has 1 aromatic rings. The molecule has 0 spiro atoms. The Kier molecular flexibility index (Phi) is 3.56. The summed E-state index contributed by atoms with van der Waals surface area (Å²) in [7, 11) is 3.43. The maximum absolute atomic E-state index is 11.8. The van der Waals surface area contributed by atoms with E-state index in [2.05, 4.69) is 20.4 Å². The van der Waals surface area contributed by atoms with E-state index in [1.165, 1.54) is 17.7 Å². The van der Waals surface area contributed by atoms with Gasteiger partial charge < -0.3 is 15.1 Å². The van der Waals surface area contributed by atoms with Crippen LogP contribution in [0, 0.1) is 0 Å². The van der Waals surface area contributed by atoms with Crippen LogP contribution in [-0.4, -0.2) is 60.3 Å². The van der Waals surface area contributed by atoms with Crippen LogP contribution in [0.15, 0.2) is 12.1 Å². The molecule has 3 heterocycles. The quantitative estimate of drug-likeness (QED) is 0.852. The maximum Gasteiger partial charge on any atom is 0.273 e. The van der Waals surface area contributed by atoms with Crippen LogP contribution >= 0.6 is 0 Å². The van der Waals surface area contributed by atoms with E-state index >= 15 is 0 Å². The molecule has 1 amide bonds. The first-order valence-electron chi connectivity index (χ1n) is 7.20. The molecule has 3 rings (SSSR count). The SMILES string of the molecule is CN(C)C(=O)c1ccc(N2CCC3CCC(C2)N3)nn1. The average Bonchev–Trinajstić information content (AvgIpc) is 2.78. The summed E-state index contributed by atoms with van der Waals surface area (Å²) in [6.07, 6.45) is 3.68. The lowest BCUT2D eigenvalue weighted by molar-refractivity contribution is 0.0821. The van der Waals surface area contributed by atoms with Gasteiger partial charge in [-0.05, 0) is 31.4 Å². The number of carbonyl (C=O) groups excluding carboxylic acids is 1. The number of nitrogens with zero attached hydrogens (tertiary/aromatic N) is 4. The number of rotatable bonds is 2. The van der Waals surface area contributed by atoms with Crippen molar-refractivity contribution in [3.05, 3.63) is 17.8 Å². The molecule has 1 aromatic heterocycles. The number of anilines is 1. The molecule has 6 nitrogen and oxygen atoms in total. The minimum Gasteiger partial charge on any atom is -0.354 e. The van der Waals surface area contributed by atoms with Crippen LogP contribution in [0.3, 0.4) is 0 Å². The highest BCUT2D eigenvalue weighted by atomic mass is 16.2. The van der Waals surface area contributed by atoms with Gasteiger partial charge in [0.2, 0.25) is 0 Å². The van der Waals surface area contributed by atoms with Crippen molar-refractivity contribution in [1.82, 2.24) is 20.4 Å². The summed E-state index contributed by atoms with van der Waals surface area (Å²) in [5, 5.41) is 11.9. The van der Waals surface area contributed by atoms with Gasteiger partial charge in [-0.3, -0.25) is 4.79 Å². The van der Waals surface area contributed by atoms with E-state index in [4.69, 9.17) is 0 Å². The Labute approximate surface area is 119 Å². The highest BCUT2D eigenvalue weighted by Crippen LogP contribution is 2.23. The number of nitrogens with one attached hydrogen (secondary N) is 1. The fourth-order valence-corrected chi connectivity index (χ4v) is 2.99. The van der Waals surface area contributed by atoms with Crippen molar-refractivity contribution in [2.24, 2.45) is 0 Å². The summed E-state index contributed by atoms with van der Waals surface area (Å²) in [5.74, 6) is 0.760. The van der Waals surface area contributed by atoms with E-state index < -0.39 is 0 Å². The molecule has 2 bridgehead atoms. The van der Waals surface area contributed by atoms with Crippen molar-refractivity contribution in [1.29, 1.82) is 0 Å². The summed E-state index contributed by atoms with van der Waals surface area (Å²) in [6, 6.07) is 4.89. The van der Waals surface area contributed by atoms with E-state index in [1.807, 2.05) is 6.07 Å². The predicted molar refractivity (Wildman–Crippen MR) is 76.8 cm³/mol. The Morgan fingerprint density at radius 2 is 2.05 bits per heavy atom. The van der Waals surface area contributed by atoms with Gasteiger partial charge >= 0.3 is 0 Å². The second-order valence-electron chi connectivity index (χ2n) is 5.85. The van der Waals surface area contributed by atoms with E-state index in [1.54, 1.807) is 20.2 Å². The third-order valence-corrected chi connectivity index (χ3v) is 4.12. The van der Waals surface area contributed by atoms with Crippen molar-refractivity contribution < 1.29 is 4.79 Å². The molecule has 0 saturated carbocycles. The largest absolute Gasteiger partial charge is 0.354 e. The van der Waals surface area contributed by atoms with Crippen LogP contribution in [0.4, 0.5) is 5.82 Å². The number of hydrogen-bond donors (Lipinski definition) is 1. The van der Waals surface area contributed by atoms with E-state index in [0.717, 1.165) is 25.3 Å². The summed E-state index contributed by atoms with van der Waals surface area (Å²) in [4.78, 5) is 15.6. The molecule has 20 heavy (non-hydrogen) atoms. The van der Waals surface area contributed by atoms with Crippen LogP contribution in [0.25, 0.3) is 0 Å². The fraction of sp³-hybridized carbons (Fsp3) is 0.643. The van der Waals surface area contributed by atoms with E-state index in [-0.39, 0.29) is 5.91 Å². The third-order valence-electron chi connectivity index (χ3n) is 4.12. The minimum atomic E-state index is -0.111. The standard InChI is InChI=1S/C14H21N5O/c1-18(2)14(20)12-5-6-13(17-16-12)19-8-7-10-3-4-11(9-19)15-10/h5-6,10-11,15H,3-4,7-9H2,1-2H3. The summed E-state index contributed by atoms with van der Waals surface area (Å²) in [6.45, 7) is 1.98. The summed E-state index contributed by atoms with van der Waals surface area (Å²) >= 11 is 0. The zero-order valence-electron chi connectivity index (χ0n) is 12.0. The van der Waals surface area contributed by atoms with Gasteiger partial charge in [0.1, 0.15) is 0 Å². The lowest BCUT2D eigenvalue weighted by Gasteiger charge is -2.24. The van der Waals surface area contributed by atoms with Gasteiger partial charge in [-0.25, -0.2) is 0 Å². The molecule has 2 saturated heterocycles. The second-order valence-corrected chi connectivity index (χ2v) is 5.85. The van der Waals surface area contributed by atoms with E-state index in [0.29, 0.717) is 17.8 Å². The smallest absolute Gasteiger partial charge is 0.273 e. The van der Waals surface area contributed by atoms with Crippen LogP contribution in [-0.2, 0) is 0 Å². The second kappa shape index (κ2) is 5.36. The molecular weight excluding hydrogens is 254 g/mol. The Hall–Kier alpha value is -1.69. The molecule has 1 N–H and O–H groups in total. The Morgan fingerprint density at radius 3 is 2.75 bits per heavy atom. The van der Waals surface area contributed by atoms with Crippen molar-refractivity contribution >= 4 is 11.7 Å². The lowest BCUT2D eigenvalue weighted by atomic mass is 10.1. The predicted octanol–water partition coefficient (Wildman–Crippen LogP) is 0.509. The Morgan fingerprint density at radius 1 is 1.25 bits per heavy atom. The van der Waals surface area contributed by atoms with E-state index in [9.17, 15) is 4.79 Å². The number of hydrogen-bond acceptors (Lipinski definition) is 5. The van der Waals surface area contributed by atoms with Crippen LogP contribution in [0.5, 0.6) is 0 Å². The van der Waals surface area contributed by atoms with Crippen molar-refractivity contribution in [2.75, 3.05) is 32.1 Å². The molecule has 0 aromatic carbocycles. The average molecular weight is 275 g/mol. The van der Waals surface area contributed by atoms with Crippen molar-refractivity contribution in [3.63, 3.8) is 0 Å². The van der Waals surface area contributed by atoms with Gasteiger partial charge in [0.25, 0.3) is 5.91 Å². The minimum absolute atomic E-state index is 0.111. The highest BCUT2D eigenvalue weighted by Gasteiger charge is 2.29. The first kappa shape index (κ1) is 13.3. The van der Waals surface area contributed by atoms with Gasteiger partial charge in [0, 0.05) is 39.3 Å². The zero-order valence-corrected chi connectivity index (χ0v) is 12.0. The number of aromatic nitrogens is 2. The van der Waals surface area contributed by atoms with Gasteiger partial charge in [-0.15, -0.1) is 10.2 Å². The molecule has 2 unspecified atom stereocenters. The first-order chi connectivity index (χ1) is 9.63. The number of fused-ring (bicyclic) bond motifs is 2. The van der Waals surface area contributed by atoms with Crippen molar-refractivity contribution in [2.45, 2.75) is 31.3 Å². The Balaban J connectivity index is 1.72. The Bertz CT molecular complexity index is 487. The third kappa shape index (κ3) is 2.60. The summed E-state index contributed by atoms with van der Waals surface area (Å²) < 4.78 is 0.